The van der Waals surface area contributed by atoms with E-state index in [-0.39, 0.29) is 28.0 Å². The van der Waals surface area contributed by atoms with Crippen molar-refractivity contribution in [2.75, 3.05) is 0 Å². The van der Waals surface area contributed by atoms with Gasteiger partial charge >= 0.3 is 0 Å². The zero-order valence-electron chi connectivity index (χ0n) is 22.9. The van der Waals surface area contributed by atoms with Crippen molar-refractivity contribution in [2.45, 2.75) is 51.9 Å². The number of hydrogen-bond donors (Lipinski definition) is 2. The van der Waals surface area contributed by atoms with Crippen LogP contribution in [0, 0.1) is 0 Å². The third kappa shape index (κ3) is 9.23. The molecular weight excluding hydrogens is 568 g/mol. The summed E-state index contributed by atoms with van der Waals surface area (Å²) in [5.74, 6) is 0. The van der Waals surface area contributed by atoms with Gasteiger partial charge in [-0.25, -0.2) is 0 Å². The monoisotopic (exact) mass is 608 g/mol. The fourth-order valence-corrected chi connectivity index (χ4v) is 8.02. The van der Waals surface area contributed by atoms with Gasteiger partial charge in [-0.3, -0.25) is 19.9 Å². The van der Waals surface area contributed by atoms with Crippen molar-refractivity contribution in [3.63, 3.8) is 0 Å². The molecule has 4 rings (SSSR count). The van der Waals surface area contributed by atoms with E-state index in [1.807, 2.05) is 101 Å². The Hall–Kier alpha value is -2.61. The van der Waals surface area contributed by atoms with Crippen LogP contribution >= 0.6 is 0 Å². The molecule has 0 bridgehead atoms. The fraction of sp³-hybridized carbons (Fsp3) is 0.286. The van der Waals surface area contributed by atoms with E-state index in [1.54, 1.807) is 12.4 Å². The minimum absolute atomic E-state index is 0. The van der Waals surface area contributed by atoms with Crippen LogP contribution in [0.1, 0.15) is 27.7 Å². The van der Waals surface area contributed by atoms with E-state index < -0.39 is 16.6 Å². The Kier molecular flexibility index (Phi) is 16.0. The Morgan fingerprint density at radius 1 is 0.513 bits per heavy atom. The summed E-state index contributed by atoms with van der Waals surface area (Å²) in [6, 6.07) is 22.7. The van der Waals surface area contributed by atoms with Crippen LogP contribution in [0.15, 0.2) is 85.5 Å². The predicted molar refractivity (Wildman–Crippen MR) is 159 cm³/mol. The molecule has 0 fully saturated rings. The first-order valence-corrected chi connectivity index (χ1v) is 17.3. The minimum atomic E-state index is -2.28. The quantitative estimate of drug-likeness (QED) is 0.293. The van der Waals surface area contributed by atoms with Crippen molar-refractivity contribution in [2.24, 2.45) is 0 Å². The molecular formula is C28H40FeN4O4Si2. The summed E-state index contributed by atoms with van der Waals surface area (Å²) < 4.78 is 0. The van der Waals surface area contributed by atoms with Gasteiger partial charge in [-0.1, -0.05) is 52.0 Å². The maximum absolute atomic E-state index is 10.5. The maximum atomic E-state index is 10.5. The average molecular weight is 609 g/mol. The van der Waals surface area contributed by atoms with Crippen LogP contribution < -0.4 is 10.4 Å². The Morgan fingerprint density at radius 3 is 1.08 bits per heavy atom. The van der Waals surface area contributed by atoms with Crippen molar-refractivity contribution < 1.29 is 37.6 Å². The maximum Gasteiger partial charge on any atom is 0.221 e. The normalized spacial score (nSPS) is 10.6. The van der Waals surface area contributed by atoms with Crippen molar-refractivity contribution in [1.29, 1.82) is 0 Å². The van der Waals surface area contributed by atoms with Gasteiger partial charge in [-0.15, -0.1) is 0 Å². The molecule has 212 valence electrons. The van der Waals surface area contributed by atoms with Gasteiger partial charge in [-0.05, 0) is 70.9 Å². The molecule has 0 unspecified atom stereocenters. The molecule has 4 aromatic rings. The number of rotatable bonds is 8. The van der Waals surface area contributed by atoms with E-state index in [4.69, 9.17) is 0 Å². The third-order valence-corrected chi connectivity index (χ3v) is 14.2. The molecule has 0 aliphatic rings. The van der Waals surface area contributed by atoms with Crippen LogP contribution in [-0.4, -0.2) is 57.1 Å². The van der Waals surface area contributed by atoms with Gasteiger partial charge in [0.2, 0.25) is 16.6 Å². The molecule has 0 amide bonds. The second kappa shape index (κ2) is 17.2. The molecule has 11 heteroatoms. The number of nitrogens with zero attached hydrogens (tertiary/aromatic N) is 4. The molecule has 0 spiro atoms. The Bertz CT molecular complexity index is 1100. The molecule has 0 aliphatic heterocycles. The fourth-order valence-electron chi connectivity index (χ4n) is 3.99. The second-order valence-electron chi connectivity index (χ2n) is 8.77. The first-order chi connectivity index (χ1) is 17.4. The van der Waals surface area contributed by atoms with Gasteiger partial charge in [0.25, 0.3) is 0 Å². The first kappa shape index (κ1) is 36.4. The summed E-state index contributed by atoms with van der Waals surface area (Å²) in [6.45, 7) is 8.18. The van der Waals surface area contributed by atoms with Crippen LogP contribution in [0.2, 0.25) is 24.2 Å². The van der Waals surface area contributed by atoms with Crippen LogP contribution in [0.4, 0.5) is 0 Å². The standard InChI is InChI=1S/2C14H18N2OSi.Fe.2H2O/c2*1-3-18(17,4-2)12-8-9-14(16-11-12)13-7-5-6-10-15-13;;;/h2*5-11,17H,3-4H2,1-2H3;;2*1H2. The van der Waals surface area contributed by atoms with E-state index in [1.165, 1.54) is 0 Å². The van der Waals surface area contributed by atoms with Gasteiger partial charge in [-0.2, -0.15) is 0 Å². The Labute approximate surface area is 244 Å². The molecule has 0 atom stereocenters. The molecule has 6 N–H and O–H groups in total. The topological polar surface area (TPSA) is 155 Å². The van der Waals surface area contributed by atoms with Crippen LogP contribution in [0.3, 0.4) is 0 Å². The number of hydrogen-bond acceptors (Lipinski definition) is 6. The molecule has 0 aromatic carbocycles. The smallest absolute Gasteiger partial charge is 0.221 e. The Balaban J connectivity index is 0.000000688. The number of pyridine rings is 4. The van der Waals surface area contributed by atoms with Crippen LogP contribution in [0.5, 0.6) is 0 Å². The van der Waals surface area contributed by atoms with Gasteiger partial charge < -0.3 is 20.5 Å². The minimum Gasteiger partial charge on any atom is -0.427 e. The van der Waals surface area contributed by atoms with E-state index in [0.29, 0.717) is 0 Å². The summed E-state index contributed by atoms with van der Waals surface area (Å²) in [5.41, 5.74) is 3.43. The van der Waals surface area contributed by atoms with E-state index in [9.17, 15) is 9.59 Å². The second-order valence-corrected chi connectivity index (χ2v) is 16.9. The van der Waals surface area contributed by atoms with E-state index in [0.717, 1.165) is 57.3 Å². The average Bonchev–Trinajstić information content (AvgIpc) is 2.97. The van der Waals surface area contributed by atoms with Crippen molar-refractivity contribution in [1.82, 2.24) is 19.9 Å². The van der Waals surface area contributed by atoms with Crippen molar-refractivity contribution >= 4 is 27.0 Å². The zero-order chi connectivity index (χ0) is 26.0. The molecule has 4 aromatic heterocycles. The summed E-state index contributed by atoms with van der Waals surface area (Å²) in [6.07, 6.45) is 7.13. The van der Waals surface area contributed by atoms with Crippen LogP contribution in [-0.2, 0) is 17.1 Å². The first-order valence-electron chi connectivity index (χ1n) is 12.6. The molecule has 0 saturated carbocycles. The van der Waals surface area contributed by atoms with Crippen LogP contribution in [0.25, 0.3) is 22.8 Å². The third-order valence-electron chi connectivity index (χ3n) is 6.80. The largest absolute Gasteiger partial charge is 0.427 e. The predicted octanol–water partition coefficient (Wildman–Crippen LogP) is 3.00. The van der Waals surface area contributed by atoms with Gasteiger partial charge in [0, 0.05) is 41.9 Å². The molecule has 39 heavy (non-hydrogen) atoms. The summed E-state index contributed by atoms with van der Waals surface area (Å²) in [4.78, 5) is 38.5. The molecule has 8 nitrogen and oxygen atoms in total. The molecule has 0 saturated heterocycles. The van der Waals surface area contributed by atoms with Gasteiger partial charge in [0.05, 0.1) is 22.8 Å². The van der Waals surface area contributed by atoms with Gasteiger partial charge in [0.1, 0.15) is 0 Å². The molecule has 0 radical (unpaired) electrons. The molecule has 4 heterocycles. The summed E-state index contributed by atoms with van der Waals surface area (Å²) >= 11 is 0. The Morgan fingerprint density at radius 2 is 0.846 bits per heavy atom. The molecule has 0 aliphatic carbocycles. The summed E-state index contributed by atoms with van der Waals surface area (Å²) in [5, 5.41) is 2.01. The zero-order valence-corrected chi connectivity index (χ0v) is 26.1. The van der Waals surface area contributed by atoms with Crippen molar-refractivity contribution in [3.8, 4) is 22.8 Å². The van der Waals surface area contributed by atoms with E-state index in [2.05, 4.69) is 19.9 Å². The van der Waals surface area contributed by atoms with Gasteiger partial charge in [0.15, 0.2) is 0 Å². The SMILES string of the molecule is CC[Si](O)(CC)c1ccc(-c2ccccn2)nc1.CC[Si](O)(CC)c1ccc(-c2ccccn2)nc1.O.O.[Fe]. The van der Waals surface area contributed by atoms with E-state index >= 15 is 0 Å². The summed E-state index contributed by atoms with van der Waals surface area (Å²) in [7, 11) is -4.56. The van der Waals surface area contributed by atoms with Crippen molar-refractivity contribution in [3.05, 3.63) is 85.5 Å². The number of aromatic nitrogens is 4.